The summed E-state index contributed by atoms with van der Waals surface area (Å²) in [5.74, 6) is -3.22. The van der Waals surface area contributed by atoms with Crippen molar-refractivity contribution in [2.45, 2.75) is 11.1 Å². The quantitative estimate of drug-likeness (QED) is 0.590. The molecule has 0 spiro atoms. The van der Waals surface area contributed by atoms with Gasteiger partial charge in [-0.3, -0.25) is 9.59 Å². The molecular weight excluding hydrogens is 441 g/mol. The van der Waals surface area contributed by atoms with Crippen LogP contribution in [0.3, 0.4) is 0 Å². The van der Waals surface area contributed by atoms with Crippen LogP contribution >= 0.6 is 11.3 Å². The Kier molecular flexibility index (Phi) is 5.61. The first-order chi connectivity index (χ1) is 13.9. The maximum atomic E-state index is 12.8. The summed E-state index contributed by atoms with van der Waals surface area (Å²) in [5, 5.41) is 1.02. The predicted octanol–water partition coefficient (Wildman–Crippen LogP) is 3.83. The first kappa shape index (κ1) is 21.8. The van der Waals surface area contributed by atoms with Gasteiger partial charge in [0.15, 0.2) is 0 Å². The number of carbonyl (C=O) groups excluding carboxylic acids is 2. The molecule has 11 heteroatoms. The Morgan fingerprint density at radius 1 is 0.933 bits per heavy atom. The second-order valence-electron chi connectivity index (χ2n) is 6.45. The molecule has 6 nitrogen and oxygen atoms in total. The van der Waals surface area contributed by atoms with Gasteiger partial charge in [0.05, 0.1) is 14.6 Å². The fourth-order valence-electron chi connectivity index (χ4n) is 2.84. The number of benzene rings is 2. The molecule has 2 aromatic carbocycles. The molecule has 0 fully saturated rings. The molecule has 3 aromatic rings. The van der Waals surface area contributed by atoms with E-state index in [1.807, 2.05) is 15.7 Å². The number of amides is 1. The second-order valence-corrected chi connectivity index (χ2v) is 9.18. The zero-order valence-electron chi connectivity index (χ0n) is 15.6. The van der Waals surface area contributed by atoms with Gasteiger partial charge in [-0.05, 0) is 24.3 Å². The highest BCUT2D eigenvalue weighted by atomic mass is 32.2. The summed E-state index contributed by atoms with van der Waals surface area (Å²) in [4.78, 5) is 24.2. The number of Topliss-reactive ketones (excluding diaryl/α,β-unsaturated/α-hetero) is 1. The average Bonchev–Trinajstić information content (AvgIpc) is 3.15. The normalized spacial score (nSPS) is 12.0. The zero-order valence-corrected chi connectivity index (χ0v) is 17.3. The van der Waals surface area contributed by atoms with Gasteiger partial charge in [-0.1, -0.05) is 24.3 Å². The van der Waals surface area contributed by atoms with E-state index in [4.69, 9.17) is 0 Å². The molecule has 1 aromatic heterocycles. The van der Waals surface area contributed by atoms with Crippen LogP contribution in [0, 0.1) is 0 Å². The summed E-state index contributed by atoms with van der Waals surface area (Å²) >= 11 is 0.269. The Hall–Kier alpha value is -2.92. The molecule has 0 saturated heterocycles. The molecule has 0 aliphatic rings. The van der Waals surface area contributed by atoms with E-state index < -0.39 is 32.8 Å². The molecule has 0 aliphatic heterocycles. The SMILES string of the molecule is CN(C)c1cccc2c(S(=O)(=O)NC(=O)c3ccc(C(=O)C(F)(F)F)s3)cccc12. The van der Waals surface area contributed by atoms with Crippen LogP contribution in [-0.4, -0.2) is 40.4 Å². The zero-order chi connectivity index (χ0) is 22.3. The largest absolute Gasteiger partial charge is 0.455 e. The van der Waals surface area contributed by atoms with Gasteiger partial charge in [0.25, 0.3) is 21.7 Å². The topological polar surface area (TPSA) is 83.6 Å². The van der Waals surface area contributed by atoms with Gasteiger partial charge in [0, 0.05) is 30.6 Å². The Labute approximate surface area is 174 Å². The standard InChI is InChI=1S/C19H15F3N2O4S2/c1-24(2)13-7-3-6-12-11(13)5-4-8-16(12)30(27,28)23-18(26)15-10-9-14(29-15)17(25)19(20,21)22/h3-10H,1-2H3,(H,23,26). The van der Waals surface area contributed by atoms with Crippen LogP contribution in [0.25, 0.3) is 10.8 Å². The van der Waals surface area contributed by atoms with Gasteiger partial charge < -0.3 is 4.90 Å². The lowest BCUT2D eigenvalue weighted by molar-refractivity contribution is -0.0882. The summed E-state index contributed by atoms with van der Waals surface area (Å²) in [6.07, 6.45) is -5.09. The Balaban J connectivity index is 1.95. The van der Waals surface area contributed by atoms with Crippen LogP contribution in [0.1, 0.15) is 19.3 Å². The third-order valence-corrected chi connectivity index (χ3v) is 6.64. The first-order valence-corrected chi connectivity index (χ1v) is 10.7. The monoisotopic (exact) mass is 456 g/mol. The number of sulfonamides is 1. The van der Waals surface area contributed by atoms with E-state index in [-0.39, 0.29) is 21.1 Å². The number of hydrogen-bond acceptors (Lipinski definition) is 6. The fraction of sp³-hybridized carbons (Fsp3) is 0.158. The van der Waals surface area contributed by atoms with E-state index in [2.05, 4.69) is 0 Å². The van der Waals surface area contributed by atoms with Crippen molar-refractivity contribution < 1.29 is 31.2 Å². The van der Waals surface area contributed by atoms with Gasteiger partial charge in [0.2, 0.25) is 0 Å². The highest BCUT2D eigenvalue weighted by Gasteiger charge is 2.40. The molecular formula is C19H15F3N2O4S2. The van der Waals surface area contributed by atoms with E-state index in [9.17, 15) is 31.2 Å². The predicted molar refractivity (Wildman–Crippen MR) is 108 cm³/mol. The number of nitrogens with one attached hydrogen (secondary N) is 1. The fourth-order valence-corrected chi connectivity index (χ4v) is 4.95. The summed E-state index contributed by atoms with van der Waals surface area (Å²) in [7, 11) is -0.735. The van der Waals surface area contributed by atoms with E-state index in [0.29, 0.717) is 10.8 Å². The van der Waals surface area contributed by atoms with E-state index in [1.54, 1.807) is 32.3 Å². The van der Waals surface area contributed by atoms with Crippen molar-refractivity contribution in [3.05, 3.63) is 58.3 Å². The lowest BCUT2D eigenvalue weighted by Crippen LogP contribution is -2.30. The van der Waals surface area contributed by atoms with Gasteiger partial charge in [-0.2, -0.15) is 13.2 Å². The highest BCUT2D eigenvalue weighted by molar-refractivity contribution is 7.90. The number of alkyl halides is 3. The molecule has 30 heavy (non-hydrogen) atoms. The maximum absolute atomic E-state index is 12.8. The number of hydrogen-bond donors (Lipinski definition) is 1. The minimum atomic E-state index is -5.09. The molecule has 0 radical (unpaired) electrons. The van der Waals surface area contributed by atoms with Crippen LogP contribution < -0.4 is 9.62 Å². The number of thiophene rings is 1. The first-order valence-electron chi connectivity index (χ1n) is 8.39. The average molecular weight is 456 g/mol. The van der Waals surface area contributed by atoms with Crippen molar-refractivity contribution in [3.63, 3.8) is 0 Å². The van der Waals surface area contributed by atoms with Crippen LogP contribution in [0.2, 0.25) is 0 Å². The van der Waals surface area contributed by atoms with Crippen molar-refractivity contribution >= 4 is 49.5 Å². The van der Waals surface area contributed by atoms with E-state index in [1.165, 1.54) is 12.1 Å². The molecule has 0 bridgehead atoms. The Morgan fingerprint density at radius 2 is 1.53 bits per heavy atom. The van der Waals surface area contributed by atoms with Gasteiger partial charge in [0.1, 0.15) is 0 Å². The maximum Gasteiger partial charge on any atom is 0.455 e. The van der Waals surface area contributed by atoms with Crippen molar-refractivity contribution in [1.82, 2.24) is 4.72 Å². The molecule has 1 N–H and O–H groups in total. The number of rotatable bonds is 5. The van der Waals surface area contributed by atoms with Crippen molar-refractivity contribution in [3.8, 4) is 0 Å². The third-order valence-electron chi connectivity index (χ3n) is 4.17. The minimum Gasteiger partial charge on any atom is -0.377 e. The van der Waals surface area contributed by atoms with Crippen molar-refractivity contribution in [2.75, 3.05) is 19.0 Å². The second kappa shape index (κ2) is 7.73. The molecule has 0 atom stereocenters. The molecule has 1 heterocycles. The molecule has 0 aliphatic carbocycles. The number of halogens is 3. The van der Waals surface area contributed by atoms with Crippen LogP contribution in [0.15, 0.2) is 53.4 Å². The minimum absolute atomic E-state index is 0.153. The molecule has 0 unspecified atom stereocenters. The number of ketones is 1. The van der Waals surface area contributed by atoms with Crippen LogP contribution in [0.5, 0.6) is 0 Å². The van der Waals surface area contributed by atoms with Crippen molar-refractivity contribution in [2.24, 2.45) is 0 Å². The summed E-state index contributed by atoms with van der Waals surface area (Å²) in [6.45, 7) is 0. The van der Waals surface area contributed by atoms with Crippen LogP contribution in [-0.2, 0) is 10.0 Å². The molecule has 158 valence electrons. The number of fused-ring (bicyclic) bond motifs is 1. The van der Waals surface area contributed by atoms with Gasteiger partial charge in [-0.25, -0.2) is 13.1 Å². The Morgan fingerprint density at radius 3 is 2.17 bits per heavy atom. The van der Waals surface area contributed by atoms with Gasteiger partial charge in [-0.15, -0.1) is 11.3 Å². The summed E-state index contributed by atoms with van der Waals surface area (Å²) in [6, 6.07) is 11.5. The van der Waals surface area contributed by atoms with Crippen molar-refractivity contribution in [1.29, 1.82) is 0 Å². The molecule has 3 rings (SSSR count). The number of nitrogens with zero attached hydrogens (tertiary/aromatic N) is 1. The lowest BCUT2D eigenvalue weighted by Gasteiger charge is -2.17. The molecule has 0 saturated carbocycles. The number of anilines is 1. The van der Waals surface area contributed by atoms with Crippen LogP contribution in [0.4, 0.5) is 18.9 Å². The van der Waals surface area contributed by atoms with E-state index >= 15 is 0 Å². The third kappa shape index (κ3) is 4.17. The van der Waals surface area contributed by atoms with Gasteiger partial charge >= 0.3 is 6.18 Å². The Bertz CT molecular complexity index is 1250. The molecule has 1 amide bonds. The smallest absolute Gasteiger partial charge is 0.377 e. The summed E-state index contributed by atoms with van der Waals surface area (Å²) < 4.78 is 65.1. The number of carbonyl (C=O) groups is 2. The summed E-state index contributed by atoms with van der Waals surface area (Å²) in [5.41, 5.74) is 0.768. The van der Waals surface area contributed by atoms with E-state index in [0.717, 1.165) is 17.8 Å². The lowest BCUT2D eigenvalue weighted by atomic mass is 10.1. The highest BCUT2D eigenvalue weighted by Crippen LogP contribution is 2.31.